The summed E-state index contributed by atoms with van der Waals surface area (Å²) in [4.78, 5) is 30.1. The van der Waals surface area contributed by atoms with Crippen LogP contribution in [0.4, 0.5) is 5.69 Å². The van der Waals surface area contributed by atoms with Crippen LogP contribution in [0.1, 0.15) is 48.7 Å². The molecule has 166 valence electrons. The first kappa shape index (κ1) is 21.2. The van der Waals surface area contributed by atoms with Gasteiger partial charge < -0.3 is 5.32 Å². The average Bonchev–Trinajstić information content (AvgIpc) is 3.51. The number of hydrogen-bond acceptors (Lipinski definition) is 4. The van der Waals surface area contributed by atoms with Gasteiger partial charge in [0.05, 0.1) is 11.4 Å². The summed E-state index contributed by atoms with van der Waals surface area (Å²) in [6, 6.07) is 11.3. The smallest absolute Gasteiger partial charge is 0.277 e. The molecule has 6 nitrogen and oxygen atoms in total. The molecule has 0 unspecified atom stereocenters. The van der Waals surface area contributed by atoms with E-state index >= 15 is 0 Å². The van der Waals surface area contributed by atoms with E-state index in [-0.39, 0.29) is 24.4 Å². The number of rotatable bonds is 4. The van der Waals surface area contributed by atoms with Gasteiger partial charge in [-0.1, -0.05) is 36.6 Å². The zero-order valence-electron chi connectivity index (χ0n) is 18.1. The summed E-state index contributed by atoms with van der Waals surface area (Å²) < 4.78 is 1.68. The van der Waals surface area contributed by atoms with Crippen molar-refractivity contribution in [2.45, 2.75) is 57.7 Å². The molecule has 2 amide bonds. The quantitative estimate of drug-likeness (QED) is 0.582. The molecule has 0 bridgehead atoms. The largest absolute Gasteiger partial charge is 0.351 e. The first-order valence-electron chi connectivity index (χ1n) is 10.9. The monoisotopic (exact) mass is 468 g/mol. The van der Waals surface area contributed by atoms with Gasteiger partial charge in [-0.2, -0.15) is 5.10 Å². The Balaban J connectivity index is 1.61. The number of benzene rings is 1. The van der Waals surface area contributed by atoms with E-state index in [1.165, 1.54) is 0 Å². The minimum Gasteiger partial charge on any atom is -0.351 e. The predicted molar refractivity (Wildman–Crippen MR) is 127 cm³/mol. The molecule has 3 aromatic rings. The number of amides is 2. The van der Waals surface area contributed by atoms with Crippen molar-refractivity contribution in [3.05, 3.63) is 58.1 Å². The van der Waals surface area contributed by atoms with E-state index in [1.807, 2.05) is 43.5 Å². The van der Waals surface area contributed by atoms with Crippen LogP contribution < -0.4 is 10.2 Å². The molecule has 0 radical (unpaired) electrons. The van der Waals surface area contributed by atoms with Crippen molar-refractivity contribution in [3.8, 4) is 10.6 Å². The molecule has 3 heterocycles. The number of nitrogens with zero attached hydrogens (tertiary/aromatic N) is 3. The molecular weight excluding hydrogens is 444 g/mol. The Labute approximate surface area is 196 Å². The molecule has 0 spiro atoms. The fourth-order valence-corrected chi connectivity index (χ4v) is 5.59. The highest BCUT2D eigenvalue weighted by Crippen LogP contribution is 2.37. The first-order chi connectivity index (χ1) is 15.4. The van der Waals surface area contributed by atoms with Crippen LogP contribution >= 0.6 is 22.9 Å². The van der Waals surface area contributed by atoms with Crippen molar-refractivity contribution in [1.29, 1.82) is 0 Å². The minimum absolute atomic E-state index is 0.150. The van der Waals surface area contributed by atoms with Crippen LogP contribution in [0.25, 0.3) is 10.6 Å². The number of anilines is 1. The maximum atomic E-state index is 13.9. The van der Waals surface area contributed by atoms with Gasteiger partial charge in [-0.05, 0) is 61.9 Å². The molecular formula is C24H25ClN4O2S. The van der Waals surface area contributed by atoms with Crippen molar-refractivity contribution in [2.24, 2.45) is 0 Å². The standard InChI is InChI=1S/C24H25ClN4O2S/c1-15-9-10-16(25)12-19(15)29-22(30)20-13-18(21-8-5-11-32-21)27-28(20)14-24(29,2)23(31)26-17-6-3-4-7-17/h5,8-13,17H,3-4,6-7,14H2,1-2H3,(H,26,31)/t24-/m0/s1. The lowest BCUT2D eigenvalue weighted by molar-refractivity contribution is -0.127. The molecule has 1 aliphatic carbocycles. The van der Waals surface area contributed by atoms with Crippen LogP contribution in [-0.2, 0) is 11.3 Å². The van der Waals surface area contributed by atoms with Gasteiger partial charge in [-0.25, -0.2) is 0 Å². The summed E-state index contributed by atoms with van der Waals surface area (Å²) in [5, 5.41) is 10.4. The topological polar surface area (TPSA) is 67.2 Å². The van der Waals surface area contributed by atoms with E-state index in [1.54, 1.807) is 33.1 Å². The molecule has 1 aromatic carbocycles. The predicted octanol–water partition coefficient (Wildman–Crippen LogP) is 5.05. The molecule has 0 saturated heterocycles. The minimum atomic E-state index is -1.14. The maximum Gasteiger partial charge on any atom is 0.277 e. The van der Waals surface area contributed by atoms with Crippen LogP contribution in [-0.4, -0.2) is 33.2 Å². The fraction of sp³-hybridized carbons (Fsp3) is 0.375. The fourth-order valence-electron chi connectivity index (χ4n) is 4.74. The normalized spacial score (nSPS) is 21.1. The van der Waals surface area contributed by atoms with Gasteiger partial charge in [-0.3, -0.25) is 19.2 Å². The number of carbonyl (C=O) groups is 2. The van der Waals surface area contributed by atoms with Crippen molar-refractivity contribution in [2.75, 3.05) is 4.90 Å². The number of aryl methyl sites for hydroxylation is 1. The summed E-state index contributed by atoms with van der Waals surface area (Å²) in [5.41, 5.74) is 1.61. The van der Waals surface area contributed by atoms with Gasteiger partial charge >= 0.3 is 0 Å². The Morgan fingerprint density at radius 1 is 1.25 bits per heavy atom. The molecule has 1 N–H and O–H groups in total. The highest BCUT2D eigenvalue weighted by molar-refractivity contribution is 7.13. The van der Waals surface area contributed by atoms with Crippen LogP contribution in [0, 0.1) is 6.92 Å². The SMILES string of the molecule is Cc1ccc(Cl)cc1N1C(=O)c2cc(-c3cccs3)nn2C[C@@]1(C)C(=O)NC1CCCC1. The van der Waals surface area contributed by atoms with E-state index in [9.17, 15) is 9.59 Å². The Morgan fingerprint density at radius 2 is 2.03 bits per heavy atom. The molecule has 5 rings (SSSR count). The second-order valence-electron chi connectivity index (χ2n) is 8.85. The lowest BCUT2D eigenvalue weighted by Gasteiger charge is -2.44. The third-order valence-corrected chi connectivity index (χ3v) is 7.65. The van der Waals surface area contributed by atoms with E-state index in [2.05, 4.69) is 5.32 Å². The lowest BCUT2D eigenvalue weighted by Crippen LogP contribution is -2.65. The van der Waals surface area contributed by atoms with Crippen LogP contribution in [0.2, 0.25) is 5.02 Å². The number of aromatic nitrogens is 2. The second-order valence-corrected chi connectivity index (χ2v) is 10.2. The van der Waals surface area contributed by atoms with Crippen LogP contribution in [0.5, 0.6) is 0 Å². The van der Waals surface area contributed by atoms with Crippen molar-refractivity contribution < 1.29 is 9.59 Å². The molecule has 1 aliphatic heterocycles. The molecule has 1 fully saturated rings. The summed E-state index contributed by atoms with van der Waals surface area (Å²) in [6.07, 6.45) is 4.18. The Morgan fingerprint density at radius 3 is 2.75 bits per heavy atom. The molecule has 2 aliphatic rings. The highest BCUT2D eigenvalue weighted by Gasteiger charge is 2.49. The van der Waals surface area contributed by atoms with Crippen molar-refractivity contribution in [1.82, 2.24) is 15.1 Å². The summed E-state index contributed by atoms with van der Waals surface area (Å²) >= 11 is 7.88. The number of thiophene rings is 1. The number of hydrogen-bond donors (Lipinski definition) is 1. The van der Waals surface area contributed by atoms with E-state index in [0.717, 1.165) is 41.8 Å². The highest BCUT2D eigenvalue weighted by atomic mass is 35.5. The number of halogens is 1. The molecule has 1 saturated carbocycles. The third kappa shape index (κ3) is 3.53. The number of carbonyl (C=O) groups excluding carboxylic acids is 2. The van der Waals surface area contributed by atoms with Crippen LogP contribution in [0.15, 0.2) is 41.8 Å². The van der Waals surface area contributed by atoms with Gasteiger partial charge in [0, 0.05) is 16.8 Å². The third-order valence-electron chi connectivity index (χ3n) is 6.52. The Bertz CT molecular complexity index is 1180. The van der Waals surface area contributed by atoms with Gasteiger partial charge in [0.25, 0.3) is 5.91 Å². The van der Waals surface area contributed by atoms with Crippen molar-refractivity contribution >= 4 is 40.4 Å². The second kappa shape index (κ2) is 8.05. The molecule has 8 heteroatoms. The van der Waals surface area contributed by atoms with Gasteiger partial charge in [0.15, 0.2) is 0 Å². The van der Waals surface area contributed by atoms with E-state index < -0.39 is 5.54 Å². The van der Waals surface area contributed by atoms with E-state index in [4.69, 9.17) is 16.7 Å². The number of nitrogens with one attached hydrogen (secondary N) is 1. The molecule has 2 aromatic heterocycles. The lowest BCUT2D eigenvalue weighted by atomic mass is 9.92. The zero-order valence-corrected chi connectivity index (χ0v) is 19.7. The molecule has 1 atom stereocenters. The van der Waals surface area contributed by atoms with Gasteiger partial charge in [0.1, 0.15) is 16.9 Å². The summed E-state index contributed by atoms with van der Waals surface area (Å²) in [6.45, 7) is 4.02. The van der Waals surface area contributed by atoms with E-state index in [0.29, 0.717) is 16.4 Å². The van der Waals surface area contributed by atoms with Crippen molar-refractivity contribution in [3.63, 3.8) is 0 Å². The van der Waals surface area contributed by atoms with Gasteiger partial charge in [-0.15, -0.1) is 11.3 Å². The maximum absolute atomic E-state index is 13.9. The summed E-state index contributed by atoms with van der Waals surface area (Å²) in [5.74, 6) is -0.406. The zero-order chi connectivity index (χ0) is 22.5. The van der Waals surface area contributed by atoms with Crippen LogP contribution in [0.3, 0.4) is 0 Å². The summed E-state index contributed by atoms with van der Waals surface area (Å²) in [7, 11) is 0. The first-order valence-corrected chi connectivity index (χ1v) is 12.2. The average molecular weight is 469 g/mol. The molecule has 32 heavy (non-hydrogen) atoms. The Hall–Kier alpha value is -2.64. The Kier molecular flexibility index (Phi) is 5.34. The van der Waals surface area contributed by atoms with Gasteiger partial charge in [0.2, 0.25) is 5.91 Å². The number of fused-ring (bicyclic) bond motifs is 1.